The van der Waals surface area contributed by atoms with E-state index in [-0.39, 0.29) is 18.3 Å². The van der Waals surface area contributed by atoms with Gasteiger partial charge in [-0.15, -0.1) is 0 Å². The smallest absolute Gasteiger partial charge is 0.115 e. The minimum absolute atomic E-state index is 0.0207. The molecule has 1 N–H and O–H groups in total. The Kier molecular flexibility index (Phi) is 2.34. The van der Waals surface area contributed by atoms with E-state index < -0.39 is 0 Å². The largest absolute Gasteiger partial charge is 0.390 e. The van der Waals surface area contributed by atoms with E-state index in [9.17, 15) is 5.11 Å². The maximum Gasteiger partial charge on any atom is 0.115 e. The fourth-order valence-electron chi connectivity index (χ4n) is 1.56. The van der Waals surface area contributed by atoms with E-state index in [0.717, 1.165) is 6.42 Å². The lowest BCUT2D eigenvalue weighted by Crippen LogP contribution is -2.13. The van der Waals surface area contributed by atoms with Gasteiger partial charge in [0.05, 0.1) is 6.10 Å². The molecule has 70 valence electrons. The topological polar surface area (TPSA) is 32.8 Å². The third kappa shape index (κ3) is 1.74. The predicted octanol–water partition coefficient (Wildman–Crippen LogP) is 1.90. The van der Waals surface area contributed by atoms with Crippen LogP contribution in [0, 0.1) is 0 Å². The van der Waals surface area contributed by atoms with Crippen molar-refractivity contribution in [3.05, 3.63) is 35.9 Å². The highest BCUT2D eigenvalue weighted by Crippen LogP contribution is 2.41. The van der Waals surface area contributed by atoms with Gasteiger partial charge in [-0.2, -0.15) is 0 Å². The Bertz CT molecular complexity index is 271. The van der Waals surface area contributed by atoms with Gasteiger partial charge in [0.2, 0.25) is 0 Å². The number of epoxide rings is 1. The van der Waals surface area contributed by atoms with Crippen LogP contribution in [0.5, 0.6) is 0 Å². The molecule has 0 bridgehead atoms. The van der Waals surface area contributed by atoms with Crippen molar-refractivity contribution in [2.45, 2.75) is 31.7 Å². The van der Waals surface area contributed by atoms with Crippen LogP contribution in [0.4, 0.5) is 0 Å². The number of aliphatic hydroxyl groups is 1. The summed E-state index contributed by atoms with van der Waals surface area (Å²) in [6.45, 7) is 1.97. The lowest BCUT2D eigenvalue weighted by Gasteiger charge is -2.01. The Labute approximate surface area is 78.2 Å². The van der Waals surface area contributed by atoms with Crippen LogP contribution in [0.1, 0.15) is 25.0 Å². The summed E-state index contributed by atoms with van der Waals surface area (Å²) in [5.41, 5.74) is 1.17. The van der Waals surface area contributed by atoms with Crippen LogP contribution >= 0.6 is 0 Å². The molecule has 2 heteroatoms. The Morgan fingerprint density at radius 3 is 2.69 bits per heavy atom. The molecule has 1 aliphatic rings. The molecular formula is C11H14O2. The third-order valence-electron chi connectivity index (χ3n) is 2.45. The first-order valence-corrected chi connectivity index (χ1v) is 4.71. The van der Waals surface area contributed by atoms with Crippen LogP contribution in [0.25, 0.3) is 0 Å². The first kappa shape index (κ1) is 8.73. The molecule has 1 aliphatic heterocycles. The molecule has 2 rings (SSSR count). The third-order valence-corrected chi connectivity index (χ3v) is 2.45. The van der Waals surface area contributed by atoms with Gasteiger partial charge in [-0.05, 0) is 12.0 Å². The molecule has 1 aromatic rings. The van der Waals surface area contributed by atoms with Crippen molar-refractivity contribution in [3.63, 3.8) is 0 Å². The zero-order valence-electron chi connectivity index (χ0n) is 7.68. The molecule has 1 saturated heterocycles. The number of ether oxygens (including phenoxy) is 1. The van der Waals surface area contributed by atoms with Gasteiger partial charge in [0.25, 0.3) is 0 Å². The zero-order valence-corrected chi connectivity index (χ0v) is 7.68. The Morgan fingerprint density at radius 1 is 1.38 bits per heavy atom. The summed E-state index contributed by atoms with van der Waals surface area (Å²) in [4.78, 5) is 0. The average molecular weight is 178 g/mol. The summed E-state index contributed by atoms with van der Waals surface area (Å²) in [5, 5.41) is 9.50. The van der Waals surface area contributed by atoms with Crippen molar-refractivity contribution in [3.8, 4) is 0 Å². The maximum absolute atomic E-state index is 9.50. The molecule has 1 fully saturated rings. The van der Waals surface area contributed by atoms with Crippen molar-refractivity contribution in [1.29, 1.82) is 0 Å². The Hall–Kier alpha value is -0.860. The number of hydrogen-bond donors (Lipinski definition) is 1. The second kappa shape index (κ2) is 3.48. The number of benzene rings is 1. The van der Waals surface area contributed by atoms with Crippen LogP contribution in [-0.4, -0.2) is 17.3 Å². The quantitative estimate of drug-likeness (QED) is 0.717. The van der Waals surface area contributed by atoms with Crippen LogP contribution < -0.4 is 0 Å². The number of hydrogen-bond acceptors (Lipinski definition) is 2. The molecule has 0 amide bonds. The summed E-state index contributed by atoms with van der Waals surface area (Å²) in [6.07, 6.45) is 0.585. The SMILES string of the molecule is CCC(O)C1O[C@H]1c1ccccc1. The van der Waals surface area contributed by atoms with Gasteiger partial charge < -0.3 is 9.84 Å². The summed E-state index contributed by atoms with van der Waals surface area (Å²) in [6, 6.07) is 10.0. The molecule has 0 aliphatic carbocycles. The molecular weight excluding hydrogens is 164 g/mol. The molecule has 1 aromatic carbocycles. The Balaban J connectivity index is 2.00. The minimum atomic E-state index is -0.315. The highest BCUT2D eigenvalue weighted by molar-refractivity contribution is 5.22. The summed E-state index contributed by atoms with van der Waals surface area (Å²) in [5.74, 6) is 0. The van der Waals surface area contributed by atoms with Gasteiger partial charge in [0.15, 0.2) is 0 Å². The highest BCUT2D eigenvalue weighted by Gasteiger charge is 2.44. The highest BCUT2D eigenvalue weighted by atomic mass is 16.6. The lowest BCUT2D eigenvalue weighted by molar-refractivity contribution is 0.131. The maximum atomic E-state index is 9.50. The van der Waals surface area contributed by atoms with E-state index in [1.54, 1.807) is 0 Å². The fraction of sp³-hybridized carbons (Fsp3) is 0.455. The summed E-state index contributed by atoms with van der Waals surface area (Å²) >= 11 is 0. The van der Waals surface area contributed by atoms with Crippen LogP contribution in [0.2, 0.25) is 0 Å². The van der Waals surface area contributed by atoms with Crippen molar-refractivity contribution >= 4 is 0 Å². The molecule has 0 spiro atoms. The van der Waals surface area contributed by atoms with Gasteiger partial charge in [-0.1, -0.05) is 37.3 Å². The Morgan fingerprint density at radius 2 is 2.08 bits per heavy atom. The molecule has 2 nitrogen and oxygen atoms in total. The van der Waals surface area contributed by atoms with E-state index in [4.69, 9.17) is 4.74 Å². The first-order chi connectivity index (χ1) is 6.33. The average Bonchev–Trinajstić information content (AvgIpc) is 2.98. The van der Waals surface area contributed by atoms with Crippen molar-refractivity contribution < 1.29 is 9.84 Å². The monoisotopic (exact) mass is 178 g/mol. The van der Waals surface area contributed by atoms with E-state index in [2.05, 4.69) is 0 Å². The standard InChI is InChI=1S/C11H14O2/c1-2-9(12)11-10(13-11)8-6-4-3-5-7-8/h3-7,9-12H,2H2,1H3/t9?,10-,11?/m0/s1. The molecule has 0 aromatic heterocycles. The second-order valence-electron chi connectivity index (χ2n) is 3.41. The molecule has 1 heterocycles. The number of aliphatic hydroxyl groups excluding tert-OH is 1. The minimum Gasteiger partial charge on any atom is -0.390 e. The van der Waals surface area contributed by atoms with Gasteiger partial charge in [0, 0.05) is 0 Å². The van der Waals surface area contributed by atoms with Crippen LogP contribution in [0.3, 0.4) is 0 Å². The molecule has 13 heavy (non-hydrogen) atoms. The summed E-state index contributed by atoms with van der Waals surface area (Å²) in [7, 11) is 0. The van der Waals surface area contributed by atoms with Gasteiger partial charge >= 0.3 is 0 Å². The van der Waals surface area contributed by atoms with Gasteiger partial charge in [-0.3, -0.25) is 0 Å². The molecule has 3 atom stereocenters. The molecule has 2 unspecified atom stereocenters. The van der Waals surface area contributed by atoms with Crippen LogP contribution in [-0.2, 0) is 4.74 Å². The van der Waals surface area contributed by atoms with E-state index >= 15 is 0 Å². The fourth-order valence-corrected chi connectivity index (χ4v) is 1.56. The van der Waals surface area contributed by atoms with Gasteiger partial charge in [-0.25, -0.2) is 0 Å². The molecule has 0 radical (unpaired) electrons. The predicted molar refractivity (Wildman–Crippen MR) is 50.4 cm³/mol. The normalized spacial score (nSPS) is 28.5. The van der Waals surface area contributed by atoms with Crippen molar-refractivity contribution in [2.24, 2.45) is 0 Å². The zero-order chi connectivity index (χ0) is 9.26. The number of rotatable bonds is 3. The van der Waals surface area contributed by atoms with Gasteiger partial charge in [0.1, 0.15) is 12.2 Å². The second-order valence-corrected chi connectivity index (χ2v) is 3.41. The van der Waals surface area contributed by atoms with Crippen molar-refractivity contribution in [2.75, 3.05) is 0 Å². The van der Waals surface area contributed by atoms with Crippen LogP contribution in [0.15, 0.2) is 30.3 Å². The summed E-state index contributed by atoms with van der Waals surface area (Å²) < 4.78 is 5.41. The molecule has 0 saturated carbocycles. The van der Waals surface area contributed by atoms with E-state index in [0.29, 0.717) is 0 Å². The van der Waals surface area contributed by atoms with E-state index in [1.165, 1.54) is 5.56 Å². The van der Waals surface area contributed by atoms with E-state index in [1.807, 2.05) is 37.3 Å². The van der Waals surface area contributed by atoms with Crippen molar-refractivity contribution in [1.82, 2.24) is 0 Å². The first-order valence-electron chi connectivity index (χ1n) is 4.71. The lowest BCUT2D eigenvalue weighted by atomic mass is 10.1.